The number of fused-ring (bicyclic) bond motifs is 1. The summed E-state index contributed by atoms with van der Waals surface area (Å²) >= 11 is 1.48. The fraction of sp³-hybridized carbons (Fsp3) is 0.182. The summed E-state index contributed by atoms with van der Waals surface area (Å²) in [5, 5.41) is 4.72. The van der Waals surface area contributed by atoms with Crippen LogP contribution in [0.2, 0.25) is 0 Å². The molecule has 31 heavy (non-hydrogen) atoms. The lowest BCUT2D eigenvalue weighted by Gasteiger charge is -2.09. The summed E-state index contributed by atoms with van der Waals surface area (Å²) in [6.07, 6.45) is 3.82. The Morgan fingerprint density at radius 3 is 2.71 bits per heavy atom. The second-order valence-electron chi connectivity index (χ2n) is 7.52. The fourth-order valence-electron chi connectivity index (χ4n) is 3.30. The number of rotatable bonds is 7. The number of amides is 1. The van der Waals surface area contributed by atoms with Crippen LogP contribution in [0.15, 0.2) is 71.1 Å². The Balaban J connectivity index is 1.31. The SMILES string of the molecule is O=C(Cc1csc2nc(-c3ccccc3)cn12)Nc1cccc(S(=O)(=O)NC2CC2)c1. The van der Waals surface area contributed by atoms with Crippen molar-refractivity contribution in [2.24, 2.45) is 0 Å². The number of carbonyl (C=O) groups excluding carboxylic acids is 1. The number of nitrogens with zero attached hydrogens (tertiary/aromatic N) is 2. The Labute approximate surface area is 183 Å². The Morgan fingerprint density at radius 2 is 1.94 bits per heavy atom. The van der Waals surface area contributed by atoms with Crippen molar-refractivity contribution in [3.63, 3.8) is 0 Å². The van der Waals surface area contributed by atoms with Crippen LogP contribution >= 0.6 is 11.3 Å². The van der Waals surface area contributed by atoms with Crippen LogP contribution in [0, 0.1) is 0 Å². The lowest BCUT2D eigenvalue weighted by molar-refractivity contribution is -0.115. The van der Waals surface area contributed by atoms with Gasteiger partial charge in [-0.15, -0.1) is 11.3 Å². The van der Waals surface area contributed by atoms with Crippen LogP contribution in [-0.4, -0.2) is 29.8 Å². The fourth-order valence-corrected chi connectivity index (χ4v) is 5.53. The van der Waals surface area contributed by atoms with Crippen LogP contribution in [0.1, 0.15) is 18.5 Å². The molecule has 0 atom stereocenters. The zero-order valence-electron chi connectivity index (χ0n) is 16.5. The van der Waals surface area contributed by atoms with Gasteiger partial charge in [-0.1, -0.05) is 36.4 Å². The number of carbonyl (C=O) groups is 1. The average molecular weight is 453 g/mol. The molecule has 5 rings (SSSR count). The third-order valence-corrected chi connectivity index (χ3v) is 7.43. The summed E-state index contributed by atoms with van der Waals surface area (Å²) in [7, 11) is -3.57. The van der Waals surface area contributed by atoms with Crippen molar-refractivity contribution in [3.05, 3.63) is 71.9 Å². The Bertz CT molecular complexity index is 1360. The summed E-state index contributed by atoms with van der Waals surface area (Å²) < 4.78 is 29.4. The van der Waals surface area contributed by atoms with Crippen molar-refractivity contribution in [1.82, 2.24) is 14.1 Å². The minimum atomic E-state index is -3.57. The van der Waals surface area contributed by atoms with Gasteiger partial charge in [-0.25, -0.2) is 18.1 Å². The zero-order valence-corrected chi connectivity index (χ0v) is 18.1. The molecule has 2 N–H and O–H groups in total. The monoisotopic (exact) mass is 452 g/mol. The first kappa shape index (κ1) is 19.9. The van der Waals surface area contributed by atoms with Crippen molar-refractivity contribution in [2.75, 3.05) is 5.32 Å². The summed E-state index contributed by atoms with van der Waals surface area (Å²) in [5.41, 5.74) is 3.15. The molecule has 0 bridgehead atoms. The highest BCUT2D eigenvalue weighted by Crippen LogP contribution is 2.25. The summed E-state index contributed by atoms with van der Waals surface area (Å²) in [6, 6.07) is 16.2. The highest BCUT2D eigenvalue weighted by molar-refractivity contribution is 7.89. The maximum Gasteiger partial charge on any atom is 0.240 e. The van der Waals surface area contributed by atoms with Crippen LogP contribution in [0.4, 0.5) is 5.69 Å². The standard InChI is InChI=1S/C22H20N4O3S2/c27-21(23-17-7-4-8-19(11-17)31(28,29)25-16-9-10-16)12-18-14-30-22-24-20(13-26(18)22)15-5-2-1-3-6-15/h1-8,11,13-14,16,25H,9-10,12H2,(H,23,27). The molecule has 2 aromatic carbocycles. The first-order chi connectivity index (χ1) is 15.0. The lowest BCUT2D eigenvalue weighted by Crippen LogP contribution is -2.25. The van der Waals surface area contributed by atoms with Crippen LogP contribution < -0.4 is 10.0 Å². The van der Waals surface area contributed by atoms with E-state index in [9.17, 15) is 13.2 Å². The minimum Gasteiger partial charge on any atom is -0.326 e. The van der Waals surface area contributed by atoms with Crippen molar-refractivity contribution >= 4 is 37.9 Å². The molecule has 7 nitrogen and oxygen atoms in total. The van der Waals surface area contributed by atoms with E-state index < -0.39 is 10.0 Å². The van der Waals surface area contributed by atoms with E-state index in [1.807, 2.05) is 46.3 Å². The molecular formula is C22H20N4O3S2. The molecule has 158 valence electrons. The molecule has 1 aliphatic carbocycles. The number of anilines is 1. The third kappa shape index (κ3) is 4.39. The molecule has 2 heterocycles. The maximum atomic E-state index is 12.6. The van der Waals surface area contributed by atoms with E-state index in [2.05, 4.69) is 15.0 Å². The van der Waals surface area contributed by atoms with E-state index >= 15 is 0 Å². The summed E-state index contributed by atoms with van der Waals surface area (Å²) in [4.78, 5) is 18.3. The van der Waals surface area contributed by atoms with Crippen LogP contribution in [0.25, 0.3) is 16.2 Å². The van der Waals surface area contributed by atoms with Crippen molar-refractivity contribution in [2.45, 2.75) is 30.2 Å². The molecule has 1 amide bonds. The molecular weight excluding hydrogens is 432 g/mol. The maximum absolute atomic E-state index is 12.6. The molecule has 0 saturated heterocycles. The molecule has 9 heteroatoms. The van der Waals surface area contributed by atoms with Gasteiger partial charge in [0.2, 0.25) is 15.9 Å². The summed E-state index contributed by atoms with van der Waals surface area (Å²) in [5.74, 6) is -0.223. The highest BCUT2D eigenvalue weighted by atomic mass is 32.2. The van der Waals surface area contributed by atoms with Gasteiger partial charge < -0.3 is 5.32 Å². The van der Waals surface area contributed by atoms with E-state index in [0.717, 1.165) is 34.8 Å². The van der Waals surface area contributed by atoms with Gasteiger partial charge in [0, 0.05) is 34.6 Å². The number of hydrogen-bond acceptors (Lipinski definition) is 5. The van der Waals surface area contributed by atoms with Gasteiger partial charge in [0.25, 0.3) is 0 Å². The average Bonchev–Trinajstić information content (AvgIpc) is 3.33. The molecule has 2 aromatic heterocycles. The lowest BCUT2D eigenvalue weighted by atomic mass is 10.2. The molecule has 0 radical (unpaired) electrons. The first-order valence-electron chi connectivity index (χ1n) is 9.91. The first-order valence-corrected chi connectivity index (χ1v) is 12.3. The largest absolute Gasteiger partial charge is 0.326 e. The van der Waals surface area contributed by atoms with Crippen LogP contribution in [0.3, 0.4) is 0 Å². The highest BCUT2D eigenvalue weighted by Gasteiger charge is 2.28. The quantitative estimate of drug-likeness (QED) is 0.447. The normalized spacial score (nSPS) is 14.1. The number of imidazole rings is 1. The van der Waals surface area contributed by atoms with E-state index in [-0.39, 0.29) is 23.3 Å². The summed E-state index contributed by atoms with van der Waals surface area (Å²) in [6.45, 7) is 0. The van der Waals surface area contributed by atoms with E-state index in [0.29, 0.717) is 5.69 Å². The topological polar surface area (TPSA) is 92.6 Å². The van der Waals surface area contributed by atoms with Gasteiger partial charge in [0.15, 0.2) is 4.96 Å². The minimum absolute atomic E-state index is 0.0280. The van der Waals surface area contributed by atoms with Gasteiger partial charge in [-0.2, -0.15) is 0 Å². The number of hydrogen-bond donors (Lipinski definition) is 2. The van der Waals surface area contributed by atoms with E-state index in [1.165, 1.54) is 23.5 Å². The van der Waals surface area contributed by atoms with E-state index in [4.69, 9.17) is 0 Å². The van der Waals surface area contributed by atoms with Crippen molar-refractivity contribution < 1.29 is 13.2 Å². The van der Waals surface area contributed by atoms with Crippen LogP contribution in [0.5, 0.6) is 0 Å². The predicted molar refractivity (Wildman–Crippen MR) is 121 cm³/mol. The Kier molecular flexibility index (Phi) is 5.09. The van der Waals surface area contributed by atoms with Gasteiger partial charge in [0.05, 0.1) is 17.0 Å². The predicted octanol–water partition coefficient (Wildman–Crippen LogP) is 3.68. The van der Waals surface area contributed by atoms with Gasteiger partial charge in [0.1, 0.15) is 0 Å². The third-order valence-electron chi connectivity index (χ3n) is 5.02. The Hall–Kier alpha value is -3.01. The van der Waals surface area contributed by atoms with E-state index in [1.54, 1.807) is 12.1 Å². The number of thiazole rings is 1. The van der Waals surface area contributed by atoms with Crippen LogP contribution in [-0.2, 0) is 21.2 Å². The molecule has 0 spiro atoms. The van der Waals surface area contributed by atoms with Crippen molar-refractivity contribution in [3.8, 4) is 11.3 Å². The number of sulfonamides is 1. The molecule has 4 aromatic rings. The Morgan fingerprint density at radius 1 is 1.13 bits per heavy atom. The second-order valence-corrected chi connectivity index (χ2v) is 10.1. The second kappa shape index (κ2) is 7.92. The molecule has 1 aliphatic rings. The zero-order chi connectivity index (χ0) is 21.4. The smallest absolute Gasteiger partial charge is 0.240 e. The number of nitrogens with one attached hydrogen (secondary N) is 2. The number of aromatic nitrogens is 2. The molecule has 0 unspecified atom stereocenters. The van der Waals surface area contributed by atoms with Crippen molar-refractivity contribution in [1.29, 1.82) is 0 Å². The number of benzene rings is 2. The van der Waals surface area contributed by atoms with Gasteiger partial charge in [-0.05, 0) is 31.0 Å². The van der Waals surface area contributed by atoms with Gasteiger partial charge >= 0.3 is 0 Å². The van der Waals surface area contributed by atoms with Gasteiger partial charge in [-0.3, -0.25) is 9.20 Å². The molecule has 1 saturated carbocycles. The molecule has 1 fully saturated rings. The molecule has 0 aliphatic heterocycles.